The van der Waals surface area contributed by atoms with Crippen LogP contribution in [0.5, 0.6) is 5.75 Å². The van der Waals surface area contributed by atoms with Crippen molar-refractivity contribution in [2.24, 2.45) is 5.73 Å². The second-order valence-corrected chi connectivity index (χ2v) is 5.21. The van der Waals surface area contributed by atoms with Crippen LogP contribution in [-0.4, -0.2) is 25.2 Å². The van der Waals surface area contributed by atoms with Gasteiger partial charge < -0.3 is 15.8 Å². The van der Waals surface area contributed by atoms with Gasteiger partial charge in [-0.1, -0.05) is 12.1 Å². The van der Waals surface area contributed by atoms with Gasteiger partial charge in [0.2, 0.25) is 0 Å². The molecule has 3 heteroatoms. The van der Waals surface area contributed by atoms with Gasteiger partial charge in [-0.2, -0.15) is 0 Å². The molecule has 0 heterocycles. The summed E-state index contributed by atoms with van der Waals surface area (Å²) in [5.74, 6) is 0.901. The van der Waals surface area contributed by atoms with Gasteiger partial charge in [0.15, 0.2) is 0 Å². The highest BCUT2D eigenvalue weighted by Crippen LogP contribution is 2.24. The first-order chi connectivity index (χ1) is 8.15. The monoisotopic (exact) mass is 234 g/mol. The van der Waals surface area contributed by atoms with Crippen LogP contribution in [0.2, 0.25) is 0 Å². The van der Waals surface area contributed by atoms with Gasteiger partial charge in [0.25, 0.3) is 0 Å². The minimum Gasteiger partial charge on any atom is -0.497 e. The van der Waals surface area contributed by atoms with Gasteiger partial charge in [0.05, 0.1) is 7.11 Å². The SMILES string of the molecule is COc1ccc(CC(C)(CN)NC2CC2)cc1. The molecule has 0 amide bonds. The molecule has 1 aromatic carbocycles. The van der Waals surface area contributed by atoms with E-state index in [2.05, 4.69) is 24.4 Å². The molecule has 94 valence electrons. The number of nitrogens with one attached hydrogen (secondary N) is 1. The lowest BCUT2D eigenvalue weighted by atomic mass is 9.92. The van der Waals surface area contributed by atoms with Crippen LogP contribution in [0, 0.1) is 0 Å². The molecular formula is C14H22N2O. The first-order valence-corrected chi connectivity index (χ1v) is 6.26. The molecule has 1 aliphatic rings. The molecule has 1 fully saturated rings. The fourth-order valence-electron chi connectivity index (χ4n) is 2.10. The van der Waals surface area contributed by atoms with E-state index >= 15 is 0 Å². The van der Waals surface area contributed by atoms with Crippen molar-refractivity contribution < 1.29 is 4.74 Å². The van der Waals surface area contributed by atoms with Gasteiger partial charge in [-0.25, -0.2) is 0 Å². The quantitative estimate of drug-likeness (QED) is 0.787. The fraction of sp³-hybridized carbons (Fsp3) is 0.571. The summed E-state index contributed by atoms with van der Waals surface area (Å²) in [5.41, 5.74) is 7.21. The first-order valence-electron chi connectivity index (χ1n) is 6.26. The van der Waals surface area contributed by atoms with Crippen molar-refractivity contribution in [2.75, 3.05) is 13.7 Å². The Kier molecular flexibility index (Phi) is 3.69. The second-order valence-electron chi connectivity index (χ2n) is 5.21. The van der Waals surface area contributed by atoms with Gasteiger partial charge in [-0.3, -0.25) is 0 Å². The molecule has 3 N–H and O–H groups in total. The number of nitrogens with two attached hydrogens (primary N) is 1. The zero-order valence-corrected chi connectivity index (χ0v) is 10.7. The summed E-state index contributed by atoms with van der Waals surface area (Å²) >= 11 is 0. The van der Waals surface area contributed by atoms with Crippen LogP contribution >= 0.6 is 0 Å². The van der Waals surface area contributed by atoms with Crippen LogP contribution in [0.15, 0.2) is 24.3 Å². The summed E-state index contributed by atoms with van der Waals surface area (Å²) in [6.07, 6.45) is 3.54. The number of rotatable bonds is 6. The summed E-state index contributed by atoms with van der Waals surface area (Å²) in [4.78, 5) is 0. The van der Waals surface area contributed by atoms with Crippen molar-refractivity contribution in [1.82, 2.24) is 5.32 Å². The summed E-state index contributed by atoms with van der Waals surface area (Å²) in [6.45, 7) is 2.87. The van der Waals surface area contributed by atoms with Crippen LogP contribution in [0.3, 0.4) is 0 Å². The predicted molar refractivity (Wildman–Crippen MR) is 70.3 cm³/mol. The fourth-order valence-corrected chi connectivity index (χ4v) is 2.10. The molecule has 3 nitrogen and oxygen atoms in total. The molecule has 0 radical (unpaired) electrons. The maximum atomic E-state index is 5.90. The Morgan fingerprint density at radius 1 is 1.35 bits per heavy atom. The Bertz CT molecular complexity index is 359. The Labute approximate surface area is 103 Å². The Morgan fingerprint density at radius 2 is 2.00 bits per heavy atom. The highest BCUT2D eigenvalue weighted by molar-refractivity contribution is 5.28. The average molecular weight is 234 g/mol. The second kappa shape index (κ2) is 5.07. The van der Waals surface area contributed by atoms with Gasteiger partial charge in [0, 0.05) is 18.1 Å². The van der Waals surface area contributed by atoms with E-state index in [1.54, 1.807) is 7.11 Å². The summed E-state index contributed by atoms with van der Waals surface area (Å²) in [6, 6.07) is 8.91. The Hall–Kier alpha value is -1.06. The van der Waals surface area contributed by atoms with Crippen molar-refractivity contribution in [3.8, 4) is 5.75 Å². The van der Waals surface area contributed by atoms with E-state index in [-0.39, 0.29) is 5.54 Å². The maximum absolute atomic E-state index is 5.90. The van der Waals surface area contributed by atoms with E-state index in [4.69, 9.17) is 10.5 Å². The molecule has 2 rings (SSSR count). The standard InChI is InChI=1S/C14H22N2O/c1-14(10-15,16-12-5-6-12)9-11-3-7-13(17-2)8-4-11/h3-4,7-8,12,16H,5-6,9-10,15H2,1-2H3. The molecular weight excluding hydrogens is 212 g/mol. The number of ether oxygens (including phenoxy) is 1. The zero-order valence-electron chi connectivity index (χ0n) is 10.7. The number of methoxy groups -OCH3 is 1. The third-order valence-corrected chi connectivity index (χ3v) is 3.33. The van der Waals surface area contributed by atoms with E-state index < -0.39 is 0 Å². The lowest BCUT2D eigenvalue weighted by Gasteiger charge is -2.30. The molecule has 1 saturated carbocycles. The van der Waals surface area contributed by atoms with Gasteiger partial charge in [0.1, 0.15) is 5.75 Å². The van der Waals surface area contributed by atoms with Crippen LogP contribution in [0.4, 0.5) is 0 Å². The molecule has 0 saturated heterocycles. The smallest absolute Gasteiger partial charge is 0.118 e. The van der Waals surface area contributed by atoms with E-state index in [0.29, 0.717) is 12.6 Å². The van der Waals surface area contributed by atoms with Gasteiger partial charge in [-0.15, -0.1) is 0 Å². The summed E-state index contributed by atoms with van der Waals surface area (Å²) in [5, 5.41) is 3.64. The van der Waals surface area contributed by atoms with Crippen molar-refractivity contribution >= 4 is 0 Å². The maximum Gasteiger partial charge on any atom is 0.118 e. The molecule has 1 atom stereocenters. The number of hydrogen-bond donors (Lipinski definition) is 2. The molecule has 1 unspecified atom stereocenters. The van der Waals surface area contributed by atoms with Gasteiger partial charge >= 0.3 is 0 Å². The van der Waals surface area contributed by atoms with E-state index in [9.17, 15) is 0 Å². The zero-order chi connectivity index (χ0) is 12.3. The Balaban J connectivity index is 2.00. The van der Waals surface area contributed by atoms with Crippen molar-refractivity contribution in [2.45, 2.75) is 37.8 Å². The lowest BCUT2D eigenvalue weighted by molar-refractivity contribution is 0.357. The third kappa shape index (κ3) is 3.45. The molecule has 0 aromatic heterocycles. The molecule has 0 aliphatic heterocycles. The minimum atomic E-state index is 0.00968. The largest absolute Gasteiger partial charge is 0.497 e. The van der Waals surface area contributed by atoms with Crippen molar-refractivity contribution in [3.05, 3.63) is 29.8 Å². The third-order valence-electron chi connectivity index (χ3n) is 3.33. The predicted octanol–water partition coefficient (Wildman–Crippen LogP) is 1.71. The van der Waals surface area contributed by atoms with E-state index in [0.717, 1.165) is 12.2 Å². The summed E-state index contributed by atoms with van der Waals surface area (Å²) < 4.78 is 5.16. The number of benzene rings is 1. The molecule has 0 bridgehead atoms. The average Bonchev–Trinajstić information content (AvgIpc) is 3.14. The normalized spacial score (nSPS) is 18.8. The van der Waals surface area contributed by atoms with Crippen LogP contribution in [0.25, 0.3) is 0 Å². The van der Waals surface area contributed by atoms with Crippen LogP contribution in [-0.2, 0) is 6.42 Å². The first kappa shape index (κ1) is 12.4. The molecule has 17 heavy (non-hydrogen) atoms. The van der Waals surface area contributed by atoms with E-state index in [1.807, 2.05) is 12.1 Å². The Morgan fingerprint density at radius 3 is 2.47 bits per heavy atom. The lowest BCUT2D eigenvalue weighted by Crippen LogP contribution is -2.51. The summed E-state index contributed by atoms with van der Waals surface area (Å²) in [7, 11) is 1.69. The number of hydrogen-bond acceptors (Lipinski definition) is 3. The van der Waals surface area contributed by atoms with Crippen LogP contribution < -0.4 is 15.8 Å². The van der Waals surface area contributed by atoms with Gasteiger partial charge in [-0.05, 0) is 43.9 Å². The van der Waals surface area contributed by atoms with Crippen molar-refractivity contribution in [1.29, 1.82) is 0 Å². The molecule has 0 spiro atoms. The highest BCUT2D eigenvalue weighted by Gasteiger charge is 2.31. The topological polar surface area (TPSA) is 47.3 Å². The van der Waals surface area contributed by atoms with Crippen molar-refractivity contribution in [3.63, 3.8) is 0 Å². The molecule has 1 aromatic rings. The highest BCUT2D eigenvalue weighted by atomic mass is 16.5. The molecule has 1 aliphatic carbocycles. The van der Waals surface area contributed by atoms with E-state index in [1.165, 1.54) is 18.4 Å². The minimum absolute atomic E-state index is 0.00968. The van der Waals surface area contributed by atoms with Crippen LogP contribution in [0.1, 0.15) is 25.3 Å².